The number of para-hydroxylation sites is 1. The molecule has 7 heteroatoms. The summed E-state index contributed by atoms with van der Waals surface area (Å²) in [6, 6.07) is 13.6. The van der Waals surface area contributed by atoms with E-state index in [-0.39, 0.29) is 23.3 Å². The SMILES string of the molecule is Cc1ccccc1NC(=O)C1CCCN(S(=O)(=O)c2ccc(Cl)cc2)C1. The number of halogens is 1. The van der Waals surface area contributed by atoms with Crippen molar-refractivity contribution in [2.24, 2.45) is 5.92 Å². The van der Waals surface area contributed by atoms with Crippen molar-refractivity contribution in [3.63, 3.8) is 0 Å². The largest absolute Gasteiger partial charge is 0.326 e. The highest BCUT2D eigenvalue weighted by atomic mass is 35.5. The van der Waals surface area contributed by atoms with Crippen LogP contribution < -0.4 is 5.32 Å². The van der Waals surface area contributed by atoms with E-state index < -0.39 is 10.0 Å². The summed E-state index contributed by atoms with van der Waals surface area (Å²) in [7, 11) is -3.63. The molecule has 138 valence electrons. The number of aryl methyl sites for hydroxylation is 1. The summed E-state index contributed by atoms with van der Waals surface area (Å²) < 4.78 is 27.1. The molecule has 1 aliphatic rings. The van der Waals surface area contributed by atoms with E-state index in [4.69, 9.17) is 11.6 Å². The Hall–Kier alpha value is -1.89. The summed E-state index contributed by atoms with van der Waals surface area (Å²) in [6.07, 6.45) is 1.32. The molecule has 3 rings (SSSR count). The lowest BCUT2D eigenvalue weighted by atomic mass is 9.98. The third-order valence-corrected chi connectivity index (χ3v) is 6.74. The summed E-state index contributed by atoms with van der Waals surface area (Å²) in [4.78, 5) is 12.8. The topological polar surface area (TPSA) is 66.5 Å². The number of rotatable bonds is 4. The van der Waals surface area contributed by atoms with E-state index in [1.54, 1.807) is 12.1 Å². The minimum Gasteiger partial charge on any atom is -0.326 e. The molecule has 1 heterocycles. The second kappa shape index (κ2) is 7.78. The third kappa shape index (κ3) is 4.09. The van der Waals surface area contributed by atoms with E-state index in [1.165, 1.54) is 16.4 Å². The van der Waals surface area contributed by atoms with Gasteiger partial charge in [0, 0.05) is 23.8 Å². The van der Waals surface area contributed by atoms with Crippen LogP contribution in [0.15, 0.2) is 53.4 Å². The molecule has 1 unspecified atom stereocenters. The van der Waals surface area contributed by atoms with Crippen molar-refractivity contribution in [1.29, 1.82) is 0 Å². The summed E-state index contributed by atoms with van der Waals surface area (Å²) in [6.45, 7) is 2.52. The van der Waals surface area contributed by atoms with Crippen LogP contribution >= 0.6 is 11.6 Å². The molecule has 0 aliphatic carbocycles. The third-order valence-electron chi connectivity index (χ3n) is 4.61. The molecule has 1 amide bonds. The minimum atomic E-state index is -3.63. The predicted molar refractivity (Wildman–Crippen MR) is 103 cm³/mol. The standard InChI is InChI=1S/C19H21ClN2O3S/c1-14-5-2-3-7-18(14)21-19(23)15-6-4-12-22(13-15)26(24,25)17-10-8-16(20)9-11-17/h2-3,5,7-11,15H,4,6,12-13H2,1H3,(H,21,23). The molecular weight excluding hydrogens is 372 g/mol. The van der Waals surface area contributed by atoms with E-state index in [1.807, 2.05) is 31.2 Å². The van der Waals surface area contributed by atoms with E-state index in [0.717, 1.165) is 11.3 Å². The van der Waals surface area contributed by atoms with Gasteiger partial charge in [0.1, 0.15) is 0 Å². The van der Waals surface area contributed by atoms with Gasteiger partial charge in [-0.15, -0.1) is 0 Å². The zero-order chi connectivity index (χ0) is 18.7. The number of nitrogens with zero attached hydrogens (tertiary/aromatic N) is 1. The molecule has 2 aromatic rings. The number of hydrogen-bond acceptors (Lipinski definition) is 3. The first-order chi connectivity index (χ1) is 12.4. The average molecular weight is 393 g/mol. The number of hydrogen-bond donors (Lipinski definition) is 1. The number of benzene rings is 2. The molecule has 1 atom stereocenters. The van der Waals surface area contributed by atoms with Gasteiger partial charge in [0.2, 0.25) is 15.9 Å². The Morgan fingerprint density at radius 2 is 1.85 bits per heavy atom. The van der Waals surface area contributed by atoms with Crippen LogP contribution in [0.2, 0.25) is 5.02 Å². The quantitative estimate of drug-likeness (QED) is 0.862. The van der Waals surface area contributed by atoms with Crippen molar-refractivity contribution >= 4 is 33.2 Å². The number of amides is 1. The second-order valence-corrected chi connectivity index (χ2v) is 8.83. The van der Waals surface area contributed by atoms with Crippen LogP contribution in [0.3, 0.4) is 0 Å². The first-order valence-electron chi connectivity index (χ1n) is 8.50. The zero-order valence-electron chi connectivity index (χ0n) is 14.5. The van der Waals surface area contributed by atoms with Crippen molar-refractivity contribution in [3.8, 4) is 0 Å². The molecular formula is C19H21ClN2O3S. The van der Waals surface area contributed by atoms with Crippen LogP contribution in [-0.4, -0.2) is 31.7 Å². The Kier molecular flexibility index (Phi) is 5.65. The fraction of sp³-hybridized carbons (Fsp3) is 0.316. The van der Waals surface area contributed by atoms with E-state index in [0.29, 0.717) is 24.4 Å². The van der Waals surface area contributed by atoms with Crippen molar-refractivity contribution in [2.45, 2.75) is 24.7 Å². The van der Waals surface area contributed by atoms with Gasteiger partial charge in [0.15, 0.2) is 0 Å². The van der Waals surface area contributed by atoms with Crippen LogP contribution in [0.25, 0.3) is 0 Å². The maximum Gasteiger partial charge on any atom is 0.243 e. The van der Waals surface area contributed by atoms with Gasteiger partial charge in [-0.1, -0.05) is 29.8 Å². The van der Waals surface area contributed by atoms with Gasteiger partial charge in [-0.3, -0.25) is 4.79 Å². The molecule has 0 radical (unpaired) electrons. The van der Waals surface area contributed by atoms with Crippen LogP contribution in [0.4, 0.5) is 5.69 Å². The van der Waals surface area contributed by atoms with Gasteiger partial charge in [-0.2, -0.15) is 4.31 Å². The summed E-state index contributed by atoms with van der Waals surface area (Å²) in [5.41, 5.74) is 1.73. The van der Waals surface area contributed by atoms with Gasteiger partial charge in [-0.05, 0) is 55.7 Å². The van der Waals surface area contributed by atoms with Crippen molar-refractivity contribution in [3.05, 3.63) is 59.1 Å². The second-order valence-electron chi connectivity index (χ2n) is 6.46. The summed E-state index contributed by atoms with van der Waals surface area (Å²) in [5.74, 6) is -0.513. The molecule has 0 saturated carbocycles. The van der Waals surface area contributed by atoms with Crippen LogP contribution in [0, 0.1) is 12.8 Å². The molecule has 1 saturated heterocycles. The molecule has 0 spiro atoms. The summed E-state index contributed by atoms with van der Waals surface area (Å²) >= 11 is 5.84. The van der Waals surface area contributed by atoms with Crippen LogP contribution in [0.5, 0.6) is 0 Å². The Morgan fingerprint density at radius 1 is 1.15 bits per heavy atom. The fourth-order valence-electron chi connectivity index (χ4n) is 3.08. The number of carbonyl (C=O) groups excluding carboxylic acids is 1. The molecule has 5 nitrogen and oxygen atoms in total. The van der Waals surface area contributed by atoms with Gasteiger partial charge >= 0.3 is 0 Å². The zero-order valence-corrected chi connectivity index (χ0v) is 16.1. The Morgan fingerprint density at radius 3 is 2.54 bits per heavy atom. The number of anilines is 1. The number of sulfonamides is 1. The van der Waals surface area contributed by atoms with Gasteiger partial charge in [0.05, 0.1) is 10.8 Å². The molecule has 0 bridgehead atoms. The molecule has 1 fully saturated rings. The van der Waals surface area contributed by atoms with E-state index in [2.05, 4.69) is 5.32 Å². The highest BCUT2D eigenvalue weighted by molar-refractivity contribution is 7.89. The van der Waals surface area contributed by atoms with Gasteiger partial charge < -0.3 is 5.32 Å². The first kappa shape index (κ1) is 18.9. The predicted octanol–water partition coefficient (Wildman–Crippen LogP) is 3.69. The highest BCUT2D eigenvalue weighted by Gasteiger charge is 2.33. The molecule has 0 aromatic heterocycles. The lowest BCUT2D eigenvalue weighted by Crippen LogP contribution is -2.43. The van der Waals surface area contributed by atoms with Crippen LogP contribution in [0.1, 0.15) is 18.4 Å². The Labute approximate surface area is 159 Å². The normalized spacial score (nSPS) is 18.5. The van der Waals surface area contributed by atoms with Crippen molar-refractivity contribution in [1.82, 2.24) is 4.31 Å². The molecule has 26 heavy (non-hydrogen) atoms. The van der Waals surface area contributed by atoms with Crippen molar-refractivity contribution in [2.75, 3.05) is 18.4 Å². The van der Waals surface area contributed by atoms with E-state index in [9.17, 15) is 13.2 Å². The molecule has 2 aromatic carbocycles. The maximum absolute atomic E-state index is 12.8. The highest BCUT2D eigenvalue weighted by Crippen LogP contribution is 2.26. The number of carbonyl (C=O) groups is 1. The lowest BCUT2D eigenvalue weighted by molar-refractivity contribution is -0.120. The Balaban J connectivity index is 1.73. The number of nitrogens with one attached hydrogen (secondary N) is 1. The first-order valence-corrected chi connectivity index (χ1v) is 10.3. The average Bonchev–Trinajstić information content (AvgIpc) is 2.64. The smallest absolute Gasteiger partial charge is 0.243 e. The Bertz CT molecular complexity index is 897. The molecule has 1 N–H and O–H groups in total. The van der Waals surface area contributed by atoms with Gasteiger partial charge in [-0.25, -0.2) is 8.42 Å². The molecule has 1 aliphatic heterocycles. The van der Waals surface area contributed by atoms with Gasteiger partial charge in [0.25, 0.3) is 0 Å². The number of piperidine rings is 1. The lowest BCUT2D eigenvalue weighted by Gasteiger charge is -2.31. The van der Waals surface area contributed by atoms with Crippen molar-refractivity contribution < 1.29 is 13.2 Å². The van der Waals surface area contributed by atoms with Crippen LogP contribution in [-0.2, 0) is 14.8 Å². The van der Waals surface area contributed by atoms with E-state index >= 15 is 0 Å². The summed E-state index contributed by atoms with van der Waals surface area (Å²) in [5, 5.41) is 3.41. The monoisotopic (exact) mass is 392 g/mol. The maximum atomic E-state index is 12.8. The fourth-order valence-corrected chi connectivity index (χ4v) is 4.73. The minimum absolute atomic E-state index is 0.143.